The standard InChI is InChI=1S/C9H15N3OS/c10-4-7-6-14-9(12-7)11-5-8-2-1-3-13-8/h6,8H,1-5,10H2,(H,11,12). The average molecular weight is 213 g/mol. The summed E-state index contributed by atoms with van der Waals surface area (Å²) < 4.78 is 5.50. The molecule has 0 saturated carbocycles. The molecule has 1 aromatic rings. The van der Waals surface area contributed by atoms with Gasteiger partial charge in [-0.15, -0.1) is 11.3 Å². The van der Waals surface area contributed by atoms with E-state index < -0.39 is 0 Å². The Hall–Kier alpha value is -0.650. The van der Waals surface area contributed by atoms with Crippen LogP contribution >= 0.6 is 11.3 Å². The van der Waals surface area contributed by atoms with Gasteiger partial charge in [-0.2, -0.15) is 0 Å². The Morgan fingerprint density at radius 2 is 2.64 bits per heavy atom. The minimum Gasteiger partial charge on any atom is -0.376 e. The van der Waals surface area contributed by atoms with Crippen LogP contribution in [0.4, 0.5) is 5.13 Å². The second-order valence-corrected chi connectivity index (χ2v) is 4.22. The van der Waals surface area contributed by atoms with Crippen LogP contribution in [0, 0.1) is 0 Å². The number of aromatic nitrogens is 1. The number of rotatable bonds is 4. The molecule has 4 nitrogen and oxygen atoms in total. The van der Waals surface area contributed by atoms with Gasteiger partial charge in [0, 0.05) is 25.1 Å². The van der Waals surface area contributed by atoms with Crippen molar-refractivity contribution in [2.75, 3.05) is 18.5 Å². The smallest absolute Gasteiger partial charge is 0.182 e. The van der Waals surface area contributed by atoms with Gasteiger partial charge in [0.05, 0.1) is 11.8 Å². The Balaban J connectivity index is 1.79. The summed E-state index contributed by atoms with van der Waals surface area (Å²) in [5.41, 5.74) is 6.42. The summed E-state index contributed by atoms with van der Waals surface area (Å²) in [5.74, 6) is 0. The summed E-state index contributed by atoms with van der Waals surface area (Å²) in [6, 6.07) is 0. The second-order valence-electron chi connectivity index (χ2n) is 3.36. The molecule has 1 atom stereocenters. The molecule has 0 radical (unpaired) electrons. The zero-order chi connectivity index (χ0) is 9.80. The maximum atomic E-state index is 5.50. The third-order valence-electron chi connectivity index (χ3n) is 2.27. The summed E-state index contributed by atoms with van der Waals surface area (Å²) >= 11 is 1.60. The highest BCUT2D eigenvalue weighted by Gasteiger charge is 2.15. The fraction of sp³-hybridized carbons (Fsp3) is 0.667. The van der Waals surface area contributed by atoms with Crippen LogP contribution in [0.5, 0.6) is 0 Å². The predicted octanol–water partition coefficient (Wildman–Crippen LogP) is 1.19. The number of nitrogens with zero attached hydrogens (tertiary/aromatic N) is 1. The Morgan fingerprint density at radius 3 is 3.29 bits per heavy atom. The molecule has 3 N–H and O–H groups in total. The number of ether oxygens (including phenoxy) is 1. The molecule has 1 fully saturated rings. The topological polar surface area (TPSA) is 60.2 Å². The van der Waals surface area contributed by atoms with Crippen LogP contribution in [-0.4, -0.2) is 24.2 Å². The number of anilines is 1. The number of thiazole rings is 1. The molecule has 1 aliphatic heterocycles. The molecule has 78 valence electrons. The lowest BCUT2D eigenvalue weighted by Gasteiger charge is -2.08. The Morgan fingerprint density at radius 1 is 1.71 bits per heavy atom. The van der Waals surface area contributed by atoms with E-state index in [4.69, 9.17) is 10.5 Å². The fourth-order valence-electron chi connectivity index (χ4n) is 1.49. The predicted molar refractivity (Wildman–Crippen MR) is 57.5 cm³/mol. The summed E-state index contributed by atoms with van der Waals surface area (Å²) in [5, 5.41) is 6.20. The van der Waals surface area contributed by atoms with Crippen LogP contribution in [-0.2, 0) is 11.3 Å². The lowest BCUT2D eigenvalue weighted by Crippen LogP contribution is -2.18. The van der Waals surface area contributed by atoms with Crippen LogP contribution in [0.2, 0.25) is 0 Å². The summed E-state index contributed by atoms with van der Waals surface area (Å²) in [6.45, 7) is 2.27. The molecule has 0 aromatic carbocycles. The maximum Gasteiger partial charge on any atom is 0.182 e. The van der Waals surface area contributed by atoms with Gasteiger partial charge in [-0.25, -0.2) is 4.98 Å². The van der Waals surface area contributed by atoms with E-state index >= 15 is 0 Å². The van der Waals surface area contributed by atoms with Gasteiger partial charge in [0.1, 0.15) is 0 Å². The average Bonchev–Trinajstić information content (AvgIpc) is 2.86. The SMILES string of the molecule is NCc1csc(NCC2CCCO2)n1. The second kappa shape index (κ2) is 4.72. The van der Waals surface area contributed by atoms with Crippen LogP contribution < -0.4 is 11.1 Å². The number of nitrogens with one attached hydrogen (secondary N) is 1. The van der Waals surface area contributed by atoms with E-state index in [9.17, 15) is 0 Å². The lowest BCUT2D eigenvalue weighted by atomic mass is 10.2. The molecular formula is C9H15N3OS. The third-order valence-corrected chi connectivity index (χ3v) is 3.11. The lowest BCUT2D eigenvalue weighted by molar-refractivity contribution is 0.120. The Bertz CT molecular complexity index is 283. The van der Waals surface area contributed by atoms with Crippen molar-refractivity contribution in [3.8, 4) is 0 Å². The van der Waals surface area contributed by atoms with Crippen molar-refractivity contribution in [2.45, 2.75) is 25.5 Å². The number of hydrogen-bond donors (Lipinski definition) is 2. The van der Waals surface area contributed by atoms with E-state index in [0.29, 0.717) is 12.6 Å². The highest BCUT2D eigenvalue weighted by molar-refractivity contribution is 7.13. The van der Waals surface area contributed by atoms with Crippen molar-refractivity contribution in [1.82, 2.24) is 4.98 Å². The zero-order valence-corrected chi connectivity index (χ0v) is 8.85. The van der Waals surface area contributed by atoms with E-state index in [1.54, 1.807) is 11.3 Å². The van der Waals surface area contributed by atoms with Crippen LogP contribution in [0.25, 0.3) is 0 Å². The van der Waals surface area contributed by atoms with Crippen molar-refractivity contribution in [3.63, 3.8) is 0 Å². The summed E-state index contributed by atoms with van der Waals surface area (Å²) in [4.78, 5) is 4.32. The first kappa shape index (κ1) is 9.89. The van der Waals surface area contributed by atoms with Crippen LogP contribution in [0.15, 0.2) is 5.38 Å². The Labute approximate surface area is 87.5 Å². The quantitative estimate of drug-likeness (QED) is 0.789. The monoisotopic (exact) mass is 213 g/mol. The molecule has 0 amide bonds. The summed E-state index contributed by atoms with van der Waals surface area (Å²) in [7, 11) is 0. The van der Waals surface area contributed by atoms with Crippen LogP contribution in [0.3, 0.4) is 0 Å². The van der Waals surface area contributed by atoms with Gasteiger partial charge in [0.15, 0.2) is 5.13 Å². The molecule has 2 rings (SSSR count). The molecule has 1 saturated heterocycles. The zero-order valence-electron chi connectivity index (χ0n) is 8.03. The molecule has 2 heterocycles. The largest absolute Gasteiger partial charge is 0.376 e. The molecule has 0 bridgehead atoms. The molecule has 0 aliphatic carbocycles. The van der Waals surface area contributed by atoms with Gasteiger partial charge in [0.2, 0.25) is 0 Å². The molecular weight excluding hydrogens is 198 g/mol. The van der Waals surface area contributed by atoms with Gasteiger partial charge >= 0.3 is 0 Å². The Kier molecular flexibility index (Phi) is 3.34. The maximum absolute atomic E-state index is 5.50. The molecule has 5 heteroatoms. The molecule has 14 heavy (non-hydrogen) atoms. The van der Waals surface area contributed by atoms with Crippen molar-refractivity contribution in [3.05, 3.63) is 11.1 Å². The van der Waals surface area contributed by atoms with E-state index in [-0.39, 0.29) is 0 Å². The number of nitrogens with two attached hydrogens (primary N) is 1. The van der Waals surface area contributed by atoms with Gasteiger partial charge < -0.3 is 15.8 Å². The molecule has 1 aliphatic rings. The van der Waals surface area contributed by atoms with Crippen molar-refractivity contribution in [2.24, 2.45) is 5.73 Å². The van der Waals surface area contributed by atoms with Crippen LogP contribution in [0.1, 0.15) is 18.5 Å². The normalized spacial score (nSPS) is 21.4. The van der Waals surface area contributed by atoms with Crippen molar-refractivity contribution >= 4 is 16.5 Å². The van der Waals surface area contributed by atoms with E-state index in [1.165, 1.54) is 6.42 Å². The van der Waals surface area contributed by atoms with Crippen molar-refractivity contribution < 1.29 is 4.74 Å². The molecule has 1 unspecified atom stereocenters. The third kappa shape index (κ3) is 2.43. The highest BCUT2D eigenvalue weighted by atomic mass is 32.1. The van der Waals surface area contributed by atoms with E-state index in [0.717, 1.165) is 30.4 Å². The number of hydrogen-bond acceptors (Lipinski definition) is 5. The van der Waals surface area contributed by atoms with E-state index in [1.807, 2.05) is 5.38 Å². The van der Waals surface area contributed by atoms with Gasteiger partial charge in [-0.1, -0.05) is 0 Å². The minimum absolute atomic E-state index is 0.361. The van der Waals surface area contributed by atoms with Gasteiger partial charge in [-0.3, -0.25) is 0 Å². The molecule has 1 aromatic heterocycles. The first-order chi connectivity index (χ1) is 6.88. The first-order valence-electron chi connectivity index (χ1n) is 4.88. The van der Waals surface area contributed by atoms with E-state index in [2.05, 4.69) is 10.3 Å². The minimum atomic E-state index is 0.361. The first-order valence-corrected chi connectivity index (χ1v) is 5.76. The molecule has 0 spiro atoms. The highest BCUT2D eigenvalue weighted by Crippen LogP contribution is 2.17. The van der Waals surface area contributed by atoms with Gasteiger partial charge in [0.25, 0.3) is 0 Å². The van der Waals surface area contributed by atoms with Gasteiger partial charge in [-0.05, 0) is 12.8 Å². The summed E-state index contributed by atoms with van der Waals surface area (Å²) in [6.07, 6.45) is 2.70. The fourth-order valence-corrected chi connectivity index (χ4v) is 2.22. The van der Waals surface area contributed by atoms with Crippen molar-refractivity contribution in [1.29, 1.82) is 0 Å².